The number of amides is 1. The number of nitrogens with two attached hydrogens (primary N) is 1. The van der Waals surface area contributed by atoms with Crippen LogP contribution in [0.15, 0.2) is 30.3 Å². The van der Waals surface area contributed by atoms with Crippen LogP contribution in [0.4, 0.5) is 0 Å². The van der Waals surface area contributed by atoms with Crippen molar-refractivity contribution in [3.05, 3.63) is 35.9 Å². The van der Waals surface area contributed by atoms with Crippen molar-refractivity contribution in [1.82, 2.24) is 4.90 Å². The predicted molar refractivity (Wildman–Crippen MR) is 87.8 cm³/mol. The Labute approximate surface area is 126 Å². The van der Waals surface area contributed by atoms with E-state index < -0.39 is 0 Å². The number of rotatable bonds is 10. The Morgan fingerprint density at radius 1 is 1.20 bits per heavy atom. The number of nitrogens with zero attached hydrogens (tertiary/aromatic N) is 1. The zero-order valence-corrected chi connectivity index (χ0v) is 13.2. The molecule has 112 valence electrons. The summed E-state index contributed by atoms with van der Waals surface area (Å²) in [6, 6.07) is 10.2. The van der Waals surface area contributed by atoms with Crippen LogP contribution in [0.25, 0.3) is 0 Å². The molecule has 0 spiro atoms. The van der Waals surface area contributed by atoms with E-state index in [4.69, 9.17) is 5.73 Å². The largest absolute Gasteiger partial charge is 0.338 e. The lowest BCUT2D eigenvalue weighted by Crippen LogP contribution is -2.32. The summed E-state index contributed by atoms with van der Waals surface area (Å²) < 4.78 is 0. The SMILES string of the molecule is CSCCCCC(=O)N(CCCN)Cc1ccccc1. The molecule has 0 saturated heterocycles. The van der Waals surface area contributed by atoms with Gasteiger partial charge in [0.15, 0.2) is 0 Å². The summed E-state index contributed by atoms with van der Waals surface area (Å²) in [6.07, 6.45) is 5.71. The molecule has 0 fully saturated rings. The molecule has 20 heavy (non-hydrogen) atoms. The van der Waals surface area contributed by atoms with E-state index in [0.29, 0.717) is 19.5 Å². The van der Waals surface area contributed by atoms with Gasteiger partial charge in [-0.15, -0.1) is 0 Å². The fraction of sp³-hybridized carbons (Fsp3) is 0.562. The Morgan fingerprint density at radius 2 is 1.95 bits per heavy atom. The molecular weight excluding hydrogens is 268 g/mol. The van der Waals surface area contributed by atoms with Crippen LogP contribution in [0, 0.1) is 0 Å². The van der Waals surface area contributed by atoms with E-state index in [1.54, 1.807) is 0 Å². The highest BCUT2D eigenvalue weighted by Crippen LogP contribution is 2.10. The highest BCUT2D eigenvalue weighted by molar-refractivity contribution is 7.98. The van der Waals surface area contributed by atoms with Gasteiger partial charge in [-0.25, -0.2) is 0 Å². The molecule has 0 bridgehead atoms. The predicted octanol–water partition coefficient (Wildman–Crippen LogP) is 2.90. The first-order valence-electron chi connectivity index (χ1n) is 7.28. The Morgan fingerprint density at radius 3 is 2.60 bits per heavy atom. The average molecular weight is 294 g/mol. The molecule has 0 atom stereocenters. The minimum absolute atomic E-state index is 0.253. The first-order chi connectivity index (χ1) is 9.77. The molecule has 0 aromatic heterocycles. The summed E-state index contributed by atoms with van der Waals surface area (Å²) >= 11 is 1.84. The van der Waals surface area contributed by atoms with E-state index in [-0.39, 0.29) is 5.91 Å². The quantitative estimate of drug-likeness (QED) is 0.675. The van der Waals surface area contributed by atoms with E-state index in [2.05, 4.69) is 18.4 Å². The summed E-state index contributed by atoms with van der Waals surface area (Å²) in [4.78, 5) is 14.2. The molecule has 1 aromatic rings. The van der Waals surface area contributed by atoms with Gasteiger partial charge in [0.05, 0.1) is 0 Å². The van der Waals surface area contributed by atoms with E-state index in [1.807, 2.05) is 34.9 Å². The Bertz CT molecular complexity index is 370. The van der Waals surface area contributed by atoms with Crippen LogP contribution in [0.5, 0.6) is 0 Å². The standard InChI is InChI=1S/C16H26N2OS/c1-20-13-6-5-10-16(19)18(12-7-11-17)14-15-8-3-2-4-9-15/h2-4,8-9H,5-7,10-14,17H2,1H3. The van der Waals surface area contributed by atoms with Crippen molar-refractivity contribution in [3.8, 4) is 0 Å². The number of unbranched alkanes of at least 4 members (excludes halogenated alkanes) is 1. The van der Waals surface area contributed by atoms with Crippen LogP contribution in [0.3, 0.4) is 0 Å². The van der Waals surface area contributed by atoms with Crippen molar-refractivity contribution in [2.45, 2.75) is 32.2 Å². The van der Waals surface area contributed by atoms with Gasteiger partial charge in [-0.05, 0) is 43.4 Å². The molecule has 0 aliphatic rings. The van der Waals surface area contributed by atoms with Crippen LogP contribution >= 0.6 is 11.8 Å². The molecule has 1 rings (SSSR count). The third-order valence-electron chi connectivity index (χ3n) is 3.19. The highest BCUT2D eigenvalue weighted by Gasteiger charge is 2.12. The highest BCUT2D eigenvalue weighted by atomic mass is 32.2. The molecule has 4 heteroatoms. The summed E-state index contributed by atoms with van der Waals surface area (Å²) in [5, 5.41) is 0. The van der Waals surface area contributed by atoms with Crippen molar-refractivity contribution in [3.63, 3.8) is 0 Å². The zero-order valence-electron chi connectivity index (χ0n) is 12.4. The van der Waals surface area contributed by atoms with Gasteiger partial charge in [0.2, 0.25) is 5.91 Å². The van der Waals surface area contributed by atoms with E-state index >= 15 is 0 Å². The number of benzene rings is 1. The third kappa shape index (κ3) is 6.96. The minimum Gasteiger partial charge on any atom is -0.338 e. The van der Waals surface area contributed by atoms with Gasteiger partial charge in [-0.1, -0.05) is 30.3 Å². The second kappa shape index (κ2) is 10.7. The lowest BCUT2D eigenvalue weighted by Gasteiger charge is -2.22. The molecule has 3 nitrogen and oxygen atoms in total. The molecule has 0 aliphatic heterocycles. The fourth-order valence-corrected chi connectivity index (χ4v) is 2.55. The van der Waals surface area contributed by atoms with Crippen molar-refractivity contribution >= 4 is 17.7 Å². The number of hydrogen-bond acceptors (Lipinski definition) is 3. The van der Waals surface area contributed by atoms with Crippen molar-refractivity contribution in [2.75, 3.05) is 25.1 Å². The van der Waals surface area contributed by atoms with Crippen LogP contribution < -0.4 is 5.73 Å². The first-order valence-corrected chi connectivity index (χ1v) is 8.68. The van der Waals surface area contributed by atoms with Crippen molar-refractivity contribution in [1.29, 1.82) is 0 Å². The molecule has 2 N–H and O–H groups in total. The Kier molecular flexibility index (Phi) is 9.16. The normalized spacial score (nSPS) is 10.5. The maximum atomic E-state index is 12.3. The molecule has 0 radical (unpaired) electrons. The smallest absolute Gasteiger partial charge is 0.222 e. The second-order valence-electron chi connectivity index (χ2n) is 4.89. The van der Waals surface area contributed by atoms with Crippen molar-refractivity contribution < 1.29 is 4.79 Å². The van der Waals surface area contributed by atoms with Crippen LogP contribution in [0.2, 0.25) is 0 Å². The van der Waals surface area contributed by atoms with E-state index in [0.717, 1.165) is 31.6 Å². The molecule has 0 heterocycles. The molecule has 0 aliphatic carbocycles. The monoisotopic (exact) mass is 294 g/mol. The van der Waals surface area contributed by atoms with E-state index in [1.165, 1.54) is 5.56 Å². The number of thioether (sulfide) groups is 1. The molecule has 1 amide bonds. The fourth-order valence-electron chi connectivity index (χ4n) is 2.06. The minimum atomic E-state index is 0.253. The average Bonchev–Trinajstić information content (AvgIpc) is 2.48. The van der Waals surface area contributed by atoms with Gasteiger partial charge < -0.3 is 10.6 Å². The molecule has 1 aromatic carbocycles. The van der Waals surface area contributed by atoms with Crippen LogP contribution in [-0.2, 0) is 11.3 Å². The number of carbonyl (C=O) groups is 1. The molecule has 0 saturated carbocycles. The van der Waals surface area contributed by atoms with Crippen LogP contribution in [-0.4, -0.2) is 35.9 Å². The summed E-state index contributed by atoms with van der Waals surface area (Å²) in [5.41, 5.74) is 6.75. The van der Waals surface area contributed by atoms with E-state index in [9.17, 15) is 4.79 Å². The maximum Gasteiger partial charge on any atom is 0.222 e. The topological polar surface area (TPSA) is 46.3 Å². The second-order valence-corrected chi connectivity index (χ2v) is 5.88. The molecular formula is C16H26N2OS. The van der Waals surface area contributed by atoms with Crippen LogP contribution in [0.1, 0.15) is 31.2 Å². The Hall–Kier alpha value is -1.00. The first kappa shape index (κ1) is 17.1. The van der Waals surface area contributed by atoms with Gasteiger partial charge in [0.1, 0.15) is 0 Å². The lowest BCUT2D eigenvalue weighted by atomic mass is 10.1. The maximum absolute atomic E-state index is 12.3. The van der Waals surface area contributed by atoms with Crippen molar-refractivity contribution in [2.24, 2.45) is 5.73 Å². The summed E-state index contributed by atoms with van der Waals surface area (Å²) in [7, 11) is 0. The van der Waals surface area contributed by atoms with Gasteiger partial charge in [-0.3, -0.25) is 4.79 Å². The summed E-state index contributed by atoms with van der Waals surface area (Å²) in [5.74, 6) is 1.39. The zero-order chi connectivity index (χ0) is 14.6. The van der Waals surface area contributed by atoms with Gasteiger partial charge in [0, 0.05) is 19.5 Å². The Balaban J connectivity index is 2.47. The summed E-state index contributed by atoms with van der Waals surface area (Å²) in [6.45, 7) is 2.08. The number of hydrogen-bond donors (Lipinski definition) is 1. The third-order valence-corrected chi connectivity index (χ3v) is 3.89. The molecule has 0 unspecified atom stereocenters. The lowest BCUT2D eigenvalue weighted by molar-refractivity contribution is -0.132. The van der Waals surface area contributed by atoms with Gasteiger partial charge >= 0.3 is 0 Å². The van der Waals surface area contributed by atoms with Gasteiger partial charge in [-0.2, -0.15) is 11.8 Å². The van der Waals surface area contributed by atoms with Gasteiger partial charge in [0.25, 0.3) is 0 Å². The number of carbonyl (C=O) groups excluding carboxylic acids is 1.